The summed E-state index contributed by atoms with van der Waals surface area (Å²) in [5.41, 5.74) is 1.33. The molecule has 0 aliphatic rings. The number of carbonyl (C=O) groups is 4. The normalized spacial score (nSPS) is 12.4. The van der Waals surface area contributed by atoms with E-state index in [0.29, 0.717) is 12.0 Å². The van der Waals surface area contributed by atoms with Gasteiger partial charge in [0.15, 0.2) is 0 Å². The molecule has 0 bridgehead atoms. The molecular formula is C22H24N2O6S2. The SMILES string of the molecule is O=C(CCc1ccccc1)N[C@H](CSSC[C@@H](NC(=O)c1ccccc1)C(=O)O)C(=O)O. The van der Waals surface area contributed by atoms with Crippen LogP contribution in [0, 0.1) is 0 Å². The molecule has 10 heteroatoms. The fraction of sp³-hybridized carbons (Fsp3) is 0.273. The van der Waals surface area contributed by atoms with Crippen LogP contribution in [-0.2, 0) is 20.8 Å². The van der Waals surface area contributed by atoms with Gasteiger partial charge in [-0.1, -0.05) is 70.1 Å². The second kappa shape index (κ2) is 13.4. The van der Waals surface area contributed by atoms with Crippen molar-refractivity contribution in [3.63, 3.8) is 0 Å². The molecule has 0 radical (unpaired) electrons. The van der Waals surface area contributed by atoms with Crippen LogP contribution in [0.5, 0.6) is 0 Å². The Hall–Kier alpha value is -2.98. The fourth-order valence-corrected chi connectivity index (χ4v) is 4.89. The first-order valence-electron chi connectivity index (χ1n) is 9.76. The summed E-state index contributed by atoms with van der Waals surface area (Å²) in [4.78, 5) is 47.2. The fourth-order valence-electron chi connectivity index (χ4n) is 2.58. The zero-order chi connectivity index (χ0) is 23.3. The number of carboxylic acids is 2. The highest BCUT2D eigenvalue weighted by Crippen LogP contribution is 2.23. The van der Waals surface area contributed by atoms with Gasteiger partial charge in [0.25, 0.3) is 5.91 Å². The second-order valence-electron chi connectivity index (χ2n) is 6.74. The van der Waals surface area contributed by atoms with E-state index in [1.807, 2.05) is 30.3 Å². The molecule has 2 atom stereocenters. The van der Waals surface area contributed by atoms with E-state index in [9.17, 15) is 29.4 Å². The zero-order valence-electron chi connectivity index (χ0n) is 17.1. The van der Waals surface area contributed by atoms with E-state index in [2.05, 4.69) is 10.6 Å². The Balaban J connectivity index is 1.76. The monoisotopic (exact) mass is 476 g/mol. The van der Waals surface area contributed by atoms with Crippen molar-refractivity contribution in [2.24, 2.45) is 0 Å². The molecule has 0 fully saturated rings. The molecule has 4 N–H and O–H groups in total. The molecule has 0 unspecified atom stereocenters. The molecule has 0 spiro atoms. The van der Waals surface area contributed by atoms with E-state index in [-0.39, 0.29) is 23.8 Å². The van der Waals surface area contributed by atoms with Crippen LogP contribution in [0.1, 0.15) is 22.3 Å². The lowest BCUT2D eigenvalue weighted by Gasteiger charge is -2.16. The minimum absolute atomic E-state index is 0.0346. The van der Waals surface area contributed by atoms with Crippen LogP contribution in [0.25, 0.3) is 0 Å². The highest BCUT2D eigenvalue weighted by Gasteiger charge is 2.23. The molecule has 8 nitrogen and oxygen atoms in total. The van der Waals surface area contributed by atoms with Crippen LogP contribution in [0.15, 0.2) is 60.7 Å². The smallest absolute Gasteiger partial charge is 0.327 e. The summed E-state index contributed by atoms with van der Waals surface area (Å²) in [6, 6.07) is 15.4. The van der Waals surface area contributed by atoms with Crippen molar-refractivity contribution in [3.05, 3.63) is 71.8 Å². The van der Waals surface area contributed by atoms with E-state index >= 15 is 0 Å². The summed E-state index contributed by atoms with van der Waals surface area (Å²) >= 11 is 0. The molecule has 0 aliphatic carbocycles. The van der Waals surface area contributed by atoms with E-state index < -0.39 is 29.9 Å². The largest absolute Gasteiger partial charge is 0.480 e. The van der Waals surface area contributed by atoms with Gasteiger partial charge in [-0.2, -0.15) is 0 Å². The number of aliphatic carboxylic acids is 2. The standard InChI is InChI=1S/C22H24N2O6S2/c25-19(12-11-15-7-3-1-4-8-15)23-17(21(27)28)13-31-32-14-18(22(29)30)24-20(26)16-9-5-2-6-10-16/h1-10,17-18H,11-14H2,(H,23,25)(H,24,26)(H,27,28)(H,29,30)/t17-,18-/m1/s1. The second-order valence-corrected chi connectivity index (χ2v) is 9.30. The Labute approximate surface area is 193 Å². The summed E-state index contributed by atoms with van der Waals surface area (Å²) in [5, 5.41) is 23.7. The van der Waals surface area contributed by atoms with Gasteiger partial charge in [0.05, 0.1) is 0 Å². The van der Waals surface area contributed by atoms with Crippen molar-refractivity contribution < 1.29 is 29.4 Å². The van der Waals surface area contributed by atoms with Crippen LogP contribution in [0.2, 0.25) is 0 Å². The van der Waals surface area contributed by atoms with Gasteiger partial charge in [-0.05, 0) is 24.1 Å². The van der Waals surface area contributed by atoms with Crippen molar-refractivity contribution >= 4 is 45.3 Å². The Morgan fingerprint density at radius 1 is 0.750 bits per heavy atom. The van der Waals surface area contributed by atoms with Crippen LogP contribution in [0.3, 0.4) is 0 Å². The third kappa shape index (κ3) is 9.03. The molecule has 0 aliphatic heterocycles. The zero-order valence-corrected chi connectivity index (χ0v) is 18.7. The van der Waals surface area contributed by atoms with Gasteiger partial charge in [-0.15, -0.1) is 0 Å². The van der Waals surface area contributed by atoms with Gasteiger partial charge in [0, 0.05) is 23.5 Å². The van der Waals surface area contributed by atoms with Crippen molar-refractivity contribution in [2.45, 2.75) is 24.9 Å². The average Bonchev–Trinajstić information content (AvgIpc) is 2.79. The van der Waals surface area contributed by atoms with Crippen molar-refractivity contribution in [3.8, 4) is 0 Å². The number of carbonyl (C=O) groups excluding carboxylic acids is 2. The molecule has 0 aromatic heterocycles. The van der Waals surface area contributed by atoms with Gasteiger partial charge >= 0.3 is 11.9 Å². The quantitative estimate of drug-likeness (QED) is 0.256. The maximum atomic E-state index is 12.2. The first-order valence-corrected chi connectivity index (χ1v) is 12.2. The van der Waals surface area contributed by atoms with Crippen LogP contribution in [-0.4, -0.2) is 57.6 Å². The van der Waals surface area contributed by atoms with Crippen LogP contribution >= 0.6 is 21.6 Å². The predicted octanol–water partition coefficient (Wildman–Crippen LogP) is 2.45. The lowest BCUT2D eigenvalue weighted by atomic mass is 10.1. The maximum Gasteiger partial charge on any atom is 0.327 e. The molecule has 32 heavy (non-hydrogen) atoms. The Kier molecular flexibility index (Phi) is 10.6. The first-order chi connectivity index (χ1) is 15.4. The number of aryl methyl sites for hydroxylation is 1. The molecule has 170 valence electrons. The van der Waals surface area contributed by atoms with Gasteiger partial charge in [0.2, 0.25) is 5.91 Å². The van der Waals surface area contributed by atoms with Crippen molar-refractivity contribution in [1.29, 1.82) is 0 Å². The summed E-state index contributed by atoms with van der Waals surface area (Å²) in [6.45, 7) is 0. The first kappa shape index (κ1) is 25.3. The van der Waals surface area contributed by atoms with E-state index in [0.717, 1.165) is 27.2 Å². The van der Waals surface area contributed by atoms with Gasteiger partial charge in [0.1, 0.15) is 12.1 Å². The number of hydrogen-bond acceptors (Lipinski definition) is 6. The molecule has 2 amide bonds. The minimum Gasteiger partial charge on any atom is -0.480 e. The minimum atomic E-state index is -1.19. The molecule has 0 saturated carbocycles. The van der Waals surface area contributed by atoms with Crippen molar-refractivity contribution in [1.82, 2.24) is 10.6 Å². The van der Waals surface area contributed by atoms with E-state index in [1.165, 1.54) is 0 Å². The maximum absolute atomic E-state index is 12.2. The summed E-state index contributed by atoms with van der Waals surface area (Å²) in [7, 11) is 2.24. The molecule has 2 aromatic carbocycles. The highest BCUT2D eigenvalue weighted by molar-refractivity contribution is 8.76. The number of rotatable bonds is 13. The lowest BCUT2D eigenvalue weighted by Crippen LogP contribution is -2.43. The molecule has 2 aromatic rings. The summed E-state index contributed by atoms with van der Waals surface area (Å²) in [6.07, 6.45) is 0.667. The van der Waals surface area contributed by atoms with Crippen molar-refractivity contribution in [2.75, 3.05) is 11.5 Å². The third-order valence-corrected chi connectivity index (χ3v) is 6.73. The Bertz CT molecular complexity index is 911. The predicted molar refractivity (Wildman–Crippen MR) is 125 cm³/mol. The number of amides is 2. The van der Waals surface area contributed by atoms with Gasteiger partial charge in [-0.25, -0.2) is 9.59 Å². The van der Waals surface area contributed by atoms with Crippen LogP contribution < -0.4 is 10.6 Å². The van der Waals surface area contributed by atoms with Gasteiger partial charge < -0.3 is 20.8 Å². The summed E-state index contributed by atoms with van der Waals surface area (Å²) in [5.74, 6) is -3.14. The number of benzene rings is 2. The van der Waals surface area contributed by atoms with E-state index in [4.69, 9.17) is 0 Å². The Morgan fingerprint density at radius 3 is 1.78 bits per heavy atom. The topological polar surface area (TPSA) is 133 Å². The number of carboxylic acid groups (broad SMARTS) is 2. The average molecular weight is 477 g/mol. The van der Waals surface area contributed by atoms with Crippen LogP contribution in [0.4, 0.5) is 0 Å². The lowest BCUT2D eigenvalue weighted by molar-refractivity contribution is -0.141. The molecular weight excluding hydrogens is 452 g/mol. The summed E-state index contributed by atoms with van der Waals surface area (Å²) < 4.78 is 0. The van der Waals surface area contributed by atoms with Gasteiger partial charge in [-0.3, -0.25) is 9.59 Å². The molecule has 2 rings (SSSR count). The number of nitrogens with one attached hydrogen (secondary N) is 2. The van der Waals surface area contributed by atoms with E-state index in [1.54, 1.807) is 30.3 Å². The Morgan fingerprint density at radius 2 is 1.25 bits per heavy atom. The molecule has 0 heterocycles. The highest BCUT2D eigenvalue weighted by atomic mass is 33.1. The number of hydrogen-bond donors (Lipinski definition) is 4. The third-order valence-electron chi connectivity index (χ3n) is 4.31. The molecule has 0 saturated heterocycles.